The number of aromatic nitrogens is 2. The van der Waals surface area contributed by atoms with Crippen molar-refractivity contribution in [3.8, 4) is 16.3 Å². The van der Waals surface area contributed by atoms with Gasteiger partial charge in [-0.15, -0.1) is 10.2 Å². The van der Waals surface area contributed by atoms with Crippen LogP contribution in [0.4, 0.5) is 10.8 Å². The van der Waals surface area contributed by atoms with E-state index in [1.54, 1.807) is 12.0 Å². The molecule has 0 spiro atoms. The Morgan fingerprint density at radius 3 is 2.59 bits per heavy atom. The highest BCUT2D eigenvalue weighted by atomic mass is 32.1. The van der Waals surface area contributed by atoms with Gasteiger partial charge in [-0.1, -0.05) is 30.7 Å². The van der Waals surface area contributed by atoms with Gasteiger partial charge in [-0.3, -0.25) is 19.7 Å². The standard InChI is InChI=1S/C23H25N5O5S/c1-3-4-13-27(22(30)17-6-5-7-18(15-17)28(31)32)14-12-20(29)24-23-26-25-21(34-23)16-8-10-19(33-2)11-9-16/h5-11,15H,3-4,12-14H2,1-2H3,(H,24,26,29). The molecule has 1 aromatic heterocycles. The molecule has 0 radical (unpaired) electrons. The van der Waals surface area contributed by atoms with Crippen molar-refractivity contribution in [2.45, 2.75) is 26.2 Å². The van der Waals surface area contributed by atoms with E-state index in [4.69, 9.17) is 4.74 Å². The van der Waals surface area contributed by atoms with Gasteiger partial charge in [0.2, 0.25) is 11.0 Å². The summed E-state index contributed by atoms with van der Waals surface area (Å²) in [4.78, 5) is 37.5. The lowest BCUT2D eigenvalue weighted by molar-refractivity contribution is -0.384. The Kier molecular flexibility index (Phi) is 8.63. The lowest BCUT2D eigenvalue weighted by atomic mass is 10.1. The van der Waals surface area contributed by atoms with Crippen LogP contribution in [0.5, 0.6) is 5.75 Å². The highest BCUT2D eigenvalue weighted by Gasteiger charge is 2.19. The third kappa shape index (κ3) is 6.58. The molecule has 0 aliphatic heterocycles. The van der Waals surface area contributed by atoms with Crippen LogP contribution >= 0.6 is 11.3 Å². The van der Waals surface area contributed by atoms with Gasteiger partial charge in [0, 0.05) is 42.8 Å². The van der Waals surface area contributed by atoms with E-state index in [-0.39, 0.29) is 36.0 Å². The maximum atomic E-state index is 12.9. The number of amides is 2. The van der Waals surface area contributed by atoms with Crippen LogP contribution in [0.3, 0.4) is 0 Å². The molecule has 2 amide bonds. The molecule has 0 fully saturated rings. The Bertz CT molecular complexity index is 1150. The molecule has 0 unspecified atom stereocenters. The number of hydrogen-bond donors (Lipinski definition) is 1. The van der Waals surface area contributed by atoms with Crippen LogP contribution in [0.2, 0.25) is 0 Å². The molecule has 11 heteroatoms. The zero-order valence-electron chi connectivity index (χ0n) is 18.9. The Labute approximate surface area is 200 Å². The number of nitro benzene ring substituents is 1. The lowest BCUT2D eigenvalue weighted by Crippen LogP contribution is -2.34. The van der Waals surface area contributed by atoms with Crippen molar-refractivity contribution < 1.29 is 19.2 Å². The third-order valence-corrected chi connectivity index (χ3v) is 5.88. The maximum absolute atomic E-state index is 12.9. The van der Waals surface area contributed by atoms with Crippen LogP contribution in [-0.4, -0.2) is 52.0 Å². The summed E-state index contributed by atoms with van der Waals surface area (Å²) in [6.07, 6.45) is 1.68. The van der Waals surface area contributed by atoms with E-state index in [1.807, 2.05) is 31.2 Å². The summed E-state index contributed by atoms with van der Waals surface area (Å²) in [7, 11) is 1.59. The number of carbonyl (C=O) groups excluding carboxylic acids is 2. The van der Waals surface area contributed by atoms with Crippen molar-refractivity contribution in [2.24, 2.45) is 0 Å². The molecule has 0 aliphatic rings. The number of rotatable bonds is 11. The molecule has 0 atom stereocenters. The predicted molar refractivity (Wildman–Crippen MR) is 129 cm³/mol. The van der Waals surface area contributed by atoms with Gasteiger partial charge in [0.25, 0.3) is 11.6 Å². The fourth-order valence-corrected chi connectivity index (χ4v) is 3.91. The zero-order chi connectivity index (χ0) is 24.5. The average molecular weight is 484 g/mol. The number of nitro groups is 1. The molecule has 1 N–H and O–H groups in total. The summed E-state index contributed by atoms with van der Waals surface area (Å²) in [5, 5.41) is 22.9. The topological polar surface area (TPSA) is 128 Å². The maximum Gasteiger partial charge on any atom is 0.270 e. The van der Waals surface area contributed by atoms with Gasteiger partial charge in [-0.05, 0) is 36.8 Å². The van der Waals surface area contributed by atoms with Crippen molar-refractivity contribution in [1.82, 2.24) is 15.1 Å². The molecule has 3 rings (SSSR count). The summed E-state index contributed by atoms with van der Waals surface area (Å²) >= 11 is 1.24. The molecular weight excluding hydrogens is 458 g/mol. The monoisotopic (exact) mass is 483 g/mol. The van der Waals surface area contributed by atoms with Gasteiger partial charge in [0.15, 0.2) is 0 Å². The van der Waals surface area contributed by atoms with Crippen LogP contribution in [0.25, 0.3) is 10.6 Å². The molecule has 0 saturated carbocycles. The van der Waals surface area contributed by atoms with Crippen LogP contribution in [0, 0.1) is 10.1 Å². The summed E-state index contributed by atoms with van der Waals surface area (Å²) < 4.78 is 5.15. The normalized spacial score (nSPS) is 10.5. The average Bonchev–Trinajstić information content (AvgIpc) is 3.32. The number of benzene rings is 2. The SMILES string of the molecule is CCCCN(CCC(=O)Nc1nnc(-c2ccc(OC)cc2)s1)C(=O)c1cccc([N+](=O)[O-])c1. The van der Waals surface area contributed by atoms with Crippen LogP contribution in [-0.2, 0) is 4.79 Å². The minimum Gasteiger partial charge on any atom is -0.497 e. The highest BCUT2D eigenvalue weighted by molar-refractivity contribution is 7.18. The second-order valence-corrected chi connectivity index (χ2v) is 8.37. The third-order valence-electron chi connectivity index (χ3n) is 4.99. The van der Waals surface area contributed by atoms with E-state index >= 15 is 0 Å². The number of unbranched alkanes of at least 4 members (excludes halogenated alkanes) is 1. The Morgan fingerprint density at radius 2 is 1.91 bits per heavy atom. The number of non-ortho nitro benzene ring substituents is 1. The van der Waals surface area contributed by atoms with Crippen LogP contribution in [0.1, 0.15) is 36.5 Å². The molecule has 0 saturated heterocycles. The van der Waals surface area contributed by atoms with E-state index < -0.39 is 4.92 Å². The second-order valence-electron chi connectivity index (χ2n) is 7.39. The summed E-state index contributed by atoms with van der Waals surface area (Å²) in [6, 6.07) is 13.0. The number of anilines is 1. The summed E-state index contributed by atoms with van der Waals surface area (Å²) in [5.74, 6) is 0.0857. The summed E-state index contributed by atoms with van der Waals surface area (Å²) in [5.41, 5.74) is 0.925. The fraction of sp³-hybridized carbons (Fsp3) is 0.304. The Balaban J connectivity index is 1.61. The Hall–Kier alpha value is -3.86. The molecule has 0 aliphatic carbocycles. The van der Waals surface area contributed by atoms with Crippen molar-refractivity contribution in [3.63, 3.8) is 0 Å². The minimum atomic E-state index is -0.539. The molecule has 0 bridgehead atoms. The highest BCUT2D eigenvalue weighted by Crippen LogP contribution is 2.27. The molecular formula is C23H25N5O5S. The minimum absolute atomic E-state index is 0.0574. The van der Waals surface area contributed by atoms with Gasteiger partial charge in [0.05, 0.1) is 12.0 Å². The summed E-state index contributed by atoms with van der Waals surface area (Å²) in [6.45, 7) is 2.63. The Morgan fingerprint density at radius 1 is 1.15 bits per heavy atom. The molecule has 178 valence electrons. The van der Waals surface area contributed by atoms with Crippen LogP contribution in [0.15, 0.2) is 48.5 Å². The first-order chi connectivity index (χ1) is 16.4. The predicted octanol–water partition coefficient (Wildman–Crippen LogP) is 4.39. The molecule has 3 aromatic rings. The zero-order valence-corrected chi connectivity index (χ0v) is 19.7. The van der Waals surface area contributed by atoms with Crippen molar-refractivity contribution in [2.75, 3.05) is 25.5 Å². The number of hydrogen-bond acceptors (Lipinski definition) is 8. The molecule has 2 aromatic carbocycles. The largest absolute Gasteiger partial charge is 0.497 e. The van der Waals surface area contributed by atoms with Gasteiger partial charge >= 0.3 is 0 Å². The quantitative estimate of drug-likeness (QED) is 0.316. The first kappa shape index (κ1) is 24.8. The van der Waals surface area contributed by atoms with E-state index in [0.717, 1.165) is 24.2 Å². The number of carbonyl (C=O) groups is 2. The van der Waals surface area contributed by atoms with Gasteiger partial charge < -0.3 is 15.0 Å². The van der Waals surface area contributed by atoms with Gasteiger partial charge in [-0.2, -0.15) is 0 Å². The first-order valence-electron chi connectivity index (χ1n) is 10.7. The van der Waals surface area contributed by atoms with E-state index in [2.05, 4.69) is 15.5 Å². The van der Waals surface area contributed by atoms with Crippen LogP contribution < -0.4 is 10.1 Å². The van der Waals surface area contributed by atoms with E-state index in [0.29, 0.717) is 16.7 Å². The van der Waals surface area contributed by atoms with E-state index in [1.165, 1.54) is 35.6 Å². The molecule has 10 nitrogen and oxygen atoms in total. The first-order valence-corrected chi connectivity index (χ1v) is 11.5. The van der Waals surface area contributed by atoms with E-state index in [9.17, 15) is 19.7 Å². The fourth-order valence-electron chi connectivity index (χ4n) is 3.14. The second kappa shape index (κ2) is 11.8. The number of methoxy groups -OCH3 is 1. The van der Waals surface area contributed by atoms with Gasteiger partial charge in [0.1, 0.15) is 10.8 Å². The number of nitrogens with one attached hydrogen (secondary N) is 1. The van der Waals surface area contributed by atoms with Crippen molar-refractivity contribution in [1.29, 1.82) is 0 Å². The number of ether oxygens (including phenoxy) is 1. The van der Waals surface area contributed by atoms with Crippen molar-refractivity contribution in [3.05, 3.63) is 64.2 Å². The lowest BCUT2D eigenvalue weighted by Gasteiger charge is -2.22. The smallest absolute Gasteiger partial charge is 0.270 e. The molecule has 34 heavy (non-hydrogen) atoms. The molecule has 1 heterocycles. The van der Waals surface area contributed by atoms with Crippen molar-refractivity contribution >= 4 is 34.0 Å². The number of nitrogens with zero attached hydrogens (tertiary/aromatic N) is 4. The van der Waals surface area contributed by atoms with Gasteiger partial charge in [-0.25, -0.2) is 0 Å².